The molecule has 0 bridgehead atoms. The number of hydrogen-bond donors (Lipinski definition) is 1. The number of hydrogen-bond acceptors (Lipinski definition) is 6. The van der Waals surface area contributed by atoms with Crippen molar-refractivity contribution in [1.82, 2.24) is 20.3 Å². The minimum atomic E-state index is -1.08. The van der Waals surface area contributed by atoms with Crippen molar-refractivity contribution in [2.75, 3.05) is 18.6 Å². The molecule has 1 atom stereocenters. The normalized spacial score (nSPS) is 15.7. The first-order valence-electron chi connectivity index (χ1n) is 8.98. The zero-order valence-corrected chi connectivity index (χ0v) is 16.7. The van der Waals surface area contributed by atoms with E-state index in [4.69, 9.17) is 16.3 Å². The first-order valence-corrected chi connectivity index (χ1v) is 9.36. The molecule has 0 radical (unpaired) electrons. The molecule has 1 unspecified atom stereocenters. The molecule has 1 aromatic carbocycles. The molecule has 0 saturated heterocycles. The summed E-state index contributed by atoms with van der Waals surface area (Å²) in [7, 11) is 1.48. The minimum absolute atomic E-state index is 0.174. The Morgan fingerprint density at radius 2 is 1.97 bits per heavy atom. The van der Waals surface area contributed by atoms with E-state index >= 15 is 0 Å². The molecule has 11 heteroatoms. The molecule has 31 heavy (non-hydrogen) atoms. The van der Waals surface area contributed by atoms with Gasteiger partial charge in [-0.25, -0.2) is 23.7 Å². The molecule has 8 nitrogen and oxygen atoms in total. The molecule has 3 aromatic rings. The van der Waals surface area contributed by atoms with Gasteiger partial charge < -0.3 is 10.1 Å². The van der Waals surface area contributed by atoms with Gasteiger partial charge in [0.05, 0.1) is 11.2 Å². The number of nitrogens with one attached hydrogen (secondary N) is 1. The van der Waals surface area contributed by atoms with Crippen LogP contribution in [-0.2, 0) is 4.79 Å². The van der Waals surface area contributed by atoms with Crippen LogP contribution < -0.4 is 15.0 Å². The summed E-state index contributed by atoms with van der Waals surface area (Å²) in [5.74, 6) is -2.39. The van der Waals surface area contributed by atoms with Crippen molar-refractivity contribution in [2.45, 2.75) is 6.04 Å². The van der Waals surface area contributed by atoms with Crippen molar-refractivity contribution in [3.63, 3.8) is 0 Å². The average molecular weight is 446 g/mol. The maximum Gasteiger partial charge on any atom is 0.289 e. The Morgan fingerprint density at radius 1 is 1.23 bits per heavy atom. The van der Waals surface area contributed by atoms with Crippen molar-refractivity contribution >= 4 is 29.2 Å². The number of benzene rings is 1. The average Bonchev–Trinajstić information content (AvgIpc) is 2.86. The van der Waals surface area contributed by atoms with E-state index < -0.39 is 29.5 Å². The Bertz CT molecular complexity index is 1180. The fourth-order valence-corrected chi connectivity index (χ4v) is 3.11. The van der Waals surface area contributed by atoms with E-state index in [2.05, 4.69) is 20.3 Å². The van der Waals surface area contributed by atoms with Gasteiger partial charge in [-0.05, 0) is 24.3 Å². The Labute approximate surface area is 179 Å². The molecule has 0 fully saturated rings. The third-order valence-electron chi connectivity index (χ3n) is 4.52. The maximum atomic E-state index is 14.2. The first-order chi connectivity index (χ1) is 14.8. The number of anilines is 1. The van der Waals surface area contributed by atoms with E-state index in [1.807, 2.05) is 0 Å². The van der Waals surface area contributed by atoms with Crippen LogP contribution in [-0.4, -0.2) is 46.5 Å². The predicted molar refractivity (Wildman–Crippen MR) is 107 cm³/mol. The number of rotatable bonds is 3. The van der Waals surface area contributed by atoms with E-state index in [9.17, 15) is 18.4 Å². The lowest BCUT2D eigenvalue weighted by Crippen LogP contribution is -2.49. The monoisotopic (exact) mass is 445 g/mol. The Morgan fingerprint density at radius 3 is 2.71 bits per heavy atom. The van der Waals surface area contributed by atoms with Gasteiger partial charge in [0.1, 0.15) is 24.2 Å². The summed E-state index contributed by atoms with van der Waals surface area (Å²) in [5, 5.41) is 2.82. The second-order valence-corrected chi connectivity index (χ2v) is 7.04. The highest BCUT2D eigenvalue weighted by Crippen LogP contribution is 2.30. The van der Waals surface area contributed by atoms with Crippen molar-refractivity contribution < 1.29 is 23.1 Å². The van der Waals surface area contributed by atoms with Crippen molar-refractivity contribution in [1.29, 1.82) is 0 Å². The van der Waals surface area contributed by atoms with Gasteiger partial charge in [0.25, 0.3) is 11.8 Å². The number of carbonyl (C=O) groups excluding carboxylic acids is 2. The molecule has 0 spiro atoms. The number of pyridine rings is 1. The summed E-state index contributed by atoms with van der Waals surface area (Å²) < 4.78 is 32.9. The second-order valence-electron chi connectivity index (χ2n) is 6.61. The van der Waals surface area contributed by atoms with Gasteiger partial charge in [-0.15, -0.1) is 0 Å². The molecule has 158 valence electrons. The van der Waals surface area contributed by atoms with Crippen LogP contribution in [0.1, 0.15) is 10.6 Å². The summed E-state index contributed by atoms with van der Waals surface area (Å²) >= 11 is 5.92. The van der Waals surface area contributed by atoms with Crippen molar-refractivity contribution in [3.8, 4) is 17.0 Å². The SMILES string of the molecule is CN1C(=O)C(NC(=O)c2ncc(F)c(-c3ccc(F)cc3)n2)COc2cc(Cl)cnc21. The maximum absolute atomic E-state index is 14.2. The highest BCUT2D eigenvalue weighted by Gasteiger charge is 2.32. The molecular formula is C20H14ClF2N5O3. The number of carbonyl (C=O) groups is 2. The lowest BCUT2D eigenvalue weighted by Gasteiger charge is -2.19. The standard InChI is InChI=1S/C20H14ClF2N5O3/c1-28-18-15(6-11(21)7-25-18)31-9-14(20(28)30)26-19(29)17-24-8-13(23)16(27-17)10-2-4-12(22)5-3-10/h2-8,14H,9H2,1H3,(H,26,29). The van der Waals surface area contributed by atoms with Gasteiger partial charge >= 0.3 is 0 Å². The third-order valence-corrected chi connectivity index (χ3v) is 4.73. The van der Waals surface area contributed by atoms with Gasteiger partial charge in [0.15, 0.2) is 17.4 Å². The highest BCUT2D eigenvalue weighted by molar-refractivity contribution is 6.30. The number of ether oxygens (including phenoxy) is 1. The third kappa shape index (κ3) is 4.15. The smallest absolute Gasteiger partial charge is 0.289 e. The number of amides is 2. The lowest BCUT2D eigenvalue weighted by atomic mass is 10.1. The van der Waals surface area contributed by atoms with E-state index in [-0.39, 0.29) is 35.3 Å². The molecule has 4 rings (SSSR count). The zero-order chi connectivity index (χ0) is 22.1. The number of aromatic nitrogens is 3. The topological polar surface area (TPSA) is 97.3 Å². The van der Waals surface area contributed by atoms with E-state index in [0.29, 0.717) is 5.02 Å². The number of nitrogens with zero attached hydrogens (tertiary/aromatic N) is 4. The fraction of sp³-hybridized carbons (Fsp3) is 0.150. The summed E-state index contributed by atoms with van der Waals surface area (Å²) in [5.41, 5.74) is 0.0920. The molecule has 0 saturated carbocycles. The minimum Gasteiger partial charge on any atom is -0.487 e. The quantitative estimate of drug-likeness (QED) is 0.665. The van der Waals surface area contributed by atoms with Crippen LogP contribution in [0.25, 0.3) is 11.3 Å². The summed E-state index contributed by atoms with van der Waals surface area (Å²) in [6.45, 7) is -0.185. The largest absolute Gasteiger partial charge is 0.487 e. The molecule has 1 N–H and O–H groups in total. The molecule has 3 heterocycles. The van der Waals surface area contributed by atoms with Gasteiger partial charge in [-0.1, -0.05) is 11.6 Å². The number of halogens is 3. The van der Waals surface area contributed by atoms with Gasteiger partial charge in [0, 0.05) is 24.9 Å². The van der Waals surface area contributed by atoms with E-state index in [1.54, 1.807) is 0 Å². The summed E-state index contributed by atoms with van der Waals surface area (Å²) in [4.78, 5) is 38.4. The first kappa shape index (κ1) is 20.6. The van der Waals surface area contributed by atoms with Crippen LogP contribution in [0.5, 0.6) is 5.75 Å². The molecule has 1 aliphatic heterocycles. The second kappa shape index (κ2) is 8.23. The molecule has 2 amide bonds. The highest BCUT2D eigenvalue weighted by atomic mass is 35.5. The van der Waals surface area contributed by atoms with Crippen LogP contribution in [0, 0.1) is 11.6 Å². The van der Waals surface area contributed by atoms with E-state index in [0.717, 1.165) is 18.3 Å². The van der Waals surface area contributed by atoms with Crippen LogP contribution in [0.15, 0.2) is 42.7 Å². The molecule has 2 aromatic heterocycles. The van der Waals surface area contributed by atoms with Crippen LogP contribution >= 0.6 is 11.6 Å². The number of fused-ring (bicyclic) bond motifs is 1. The Kier molecular flexibility index (Phi) is 5.47. The van der Waals surface area contributed by atoms with Gasteiger partial charge in [0.2, 0.25) is 5.82 Å². The van der Waals surface area contributed by atoms with Crippen LogP contribution in [0.3, 0.4) is 0 Å². The predicted octanol–water partition coefficient (Wildman–Crippen LogP) is 2.62. The van der Waals surface area contributed by atoms with Crippen molar-refractivity contribution in [2.24, 2.45) is 0 Å². The molecule has 0 aliphatic carbocycles. The summed E-state index contributed by atoms with van der Waals surface area (Å²) in [6, 6.07) is 5.38. The Balaban J connectivity index is 1.56. The van der Waals surface area contributed by atoms with Gasteiger partial charge in [-0.3, -0.25) is 14.5 Å². The lowest BCUT2D eigenvalue weighted by molar-refractivity contribution is -0.120. The zero-order valence-electron chi connectivity index (χ0n) is 16.0. The summed E-state index contributed by atoms with van der Waals surface area (Å²) in [6.07, 6.45) is 2.20. The Hall–Kier alpha value is -3.66. The van der Waals surface area contributed by atoms with Crippen molar-refractivity contribution in [3.05, 3.63) is 65.2 Å². The fourth-order valence-electron chi connectivity index (χ4n) is 2.97. The number of likely N-dealkylation sites (N-methyl/N-ethyl adjacent to an activating group) is 1. The van der Waals surface area contributed by atoms with Gasteiger partial charge in [-0.2, -0.15) is 0 Å². The molecular weight excluding hydrogens is 432 g/mol. The molecule has 1 aliphatic rings. The van der Waals surface area contributed by atoms with E-state index in [1.165, 1.54) is 36.3 Å². The van der Waals surface area contributed by atoms with Crippen LogP contribution in [0.2, 0.25) is 5.02 Å². The van der Waals surface area contributed by atoms with Crippen LogP contribution in [0.4, 0.5) is 14.6 Å².